The lowest BCUT2D eigenvalue weighted by Crippen LogP contribution is -2.27. The number of aromatic nitrogens is 2. The van der Waals surface area contributed by atoms with E-state index in [2.05, 4.69) is 13.8 Å². The van der Waals surface area contributed by atoms with Crippen molar-refractivity contribution in [2.75, 3.05) is 0 Å². The van der Waals surface area contributed by atoms with E-state index in [9.17, 15) is 9.59 Å². The Kier molecular flexibility index (Phi) is 6.81. The van der Waals surface area contributed by atoms with Gasteiger partial charge in [-0.3, -0.25) is 14.2 Å². The van der Waals surface area contributed by atoms with Crippen molar-refractivity contribution in [1.29, 1.82) is 0 Å². The maximum atomic E-state index is 13.3. The number of hydrogen-bond acceptors (Lipinski definition) is 4. The zero-order chi connectivity index (χ0) is 20.8. The first-order valence-corrected chi connectivity index (χ1v) is 10.3. The molecular weight excluding hydrogens is 364 g/mol. The lowest BCUT2D eigenvalue weighted by atomic mass is 9.99. The SMILES string of the molecule is CCCCC(CC)Cn1c(-c2ccc(OC(C)=O)cc2)nc2ccccc2c1=O. The van der Waals surface area contributed by atoms with E-state index in [-0.39, 0.29) is 11.5 Å². The Morgan fingerprint density at radius 1 is 1.10 bits per heavy atom. The van der Waals surface area contributed by atoms with Gasteiger partial charge in [0.1, 0.15) is 11.6 Å². The van der Waals surface area contributed by atoms with Gasteiger partial charge in [-0.25, -0.2) is 4.98 Å². The normalized spacial score (nSPS) is 12.1. The number of carbonyl (C=O) groups excluding carboxylic acids is 1. The van der Waals surface area contributed by atoms with E-state index in [1.807, 2.05) is 41.0 Å². The molecule has 29 heavy (non-hydrogen) atoms. The standard InChI is InChI=1S/C24H28N2O3/c1-4-6-9-18(5-2)16-26-23(19-12-14-20(15-13-19)29-17(3)27)25-22-11-8-7-10-21(22)24(26)28/h7-8,10-15,18H,4-6,9,16H2,1-3H3. The van der Waals surface area contributed by atoms with Crippen LogP contribution in [0.1, 0.15) is 46.5 Å². The van der Waals surface area contributed by atoms with Gasteiger partial charge in [-0.1, -0.05) is 45.2 Å². The number of carbonyl (C=O) groups is 1. The molecule has 0 N–H and O–H groups in total. The van der Waals surface area contributed by atoms with E-state index in [0.717, 1.165) is 31.2 Å². The highest BCUT2D eigenvalue weighted by Gasteiger charge is 2.16. The van der Waals surface area contributed by atoms with Gasteiger partial charge in [-0.15, -0.1) is 0 Å². The highest BCUT2D eigenvalue weighted by Crippen LogP contribution is 2.24. The lowest BCUT2D eigenvalue weighted by Gasteiger charge is -2.20. The monoisotopic (exact) mass is 392 g/mol. The van der Waals surface area contributed by atoms with Gasteiger partial charge in [0.15, 0.2) is 0 Å². The molecule has 5 nitrogen and oxygen atoms in total. The van der Waals surface area contributed by atoms with Crippen molar-refractivity contribution in [1.82, 2.24) is 9.55 Å². The highest BCUT2D eigenvalue weighted by atomic mass is 16.5. The molecule has 0 aliphatic heterocycles. The first-order chi connectivity index (χ1) is 14.0. The van der Waals surface area contributed by atoms with Gasteiger partial charge >= 0.3 is 5.97 Å². The number of unbranched alkanes of at least 4 members (excludes halogenated alkanes) is 1. The van der Waals surface area contributed by atoms with Gasteiger partial charge < -0.3 is 4.74 Å². The molecule has 0 saturated heterocycles. The minimum absolute atomic E-state index is 0.00962. The molecule has 0 radical (unpaired) electrons. The van der Waals surface area contributed by atoms with Gasteiger partial charge in [0.25, 0.3) is 5.56 Å². The predicted octanol–water partition coefficient (Wildman–Crippen LogP) is 5.21. The van der Waals surface area contributed by atoms with E-state index >= 15 is 0 Å². The van der Waals surface area contributed by atoms with Crippen molar-refractivity contribution in [2.24, 2.45) is 5.92 Å². The van der Waals surface area contributed by atoms with Crippen LogP contribution in [-0.4, -0.2) is 15.5 Å². The topological polar surface area (TPSA) is 61.2 Å². The van der Waals surface area contributed by atoms with E-state index < -0.39 is 0 Å². The Bertz CT molecular complexity index is 1040. The second-order valence-electron chi connectivity index (χ2n) is 7.40. The fraction of sp³-hybridized carbons (Fsp3) is 0.375. The fourth-order valence-corrected chi connectivity index (χ4v) is 3.57. The molecule has 0 saturated carbocycles. The average Bonchev–Trinajstić information content (AvgIpc) is 2.72. The molecule has 0 aliphatic carbocycles. The first-order valence-electron chi connectivity index (χ1n) is 10.3. The summed E-state index contributed by atoms with van der Waals surface area (Å²) in [6, 6.07) is 14.6. The van der Waals surface area contributed by atoms with E-state index in [0.29, 0.717) is 34.9 Å². The quantitative estimate of drug-likeness (QED) is 0.390. The molecule has 1 atom stereocenters. The Balaban J connectivity index is 2.08. The van der Waals surface area contributed by atoms with Crippen LogP contribution in [0.15, 0.2) is 53.3 Å². The Labute approximate surface area is 171 Å². The smallest absolute Gasteiger partial charge is 0.308 e. The van der Waals surface area contributed by atoms with Crippen LogP contribution >= 0.6 is 0 Å². The van der Waals surface area contributed by atoms with Crippen LogP contribution in [0.4, 0.5) is 0 Å². The van der Waals surface area contributed by atoms with Crippen LogP contribution in [0.25, 0.3) is 22.3 Å². The molecule has 2 aromatic carbocycles. The summed E-state index contributed by atoms with van der Waals surface area (Å²) in [6.45, 7) is 6.38. The van der Waals surface area contributed by atoms with Gasteiger partial charge in [-0.2, -0.15) is 0 Å². The molecule has 3 aromatic rings. The summed E-state index contributed by atoms with van der Waals surface area (Å²) in [7, 11) is 0. The van der Waals surface area contributed by atoms with Gasteiger partial charge in [0.05, 0.1) is 10.9 Å². The molecule has 1 aromatic heterocycles. The molecule has 0 amide bonds. The van der Waals surface area contributed by atoms with Crippen molar-refractivity contribution in [3.8, 4) is 17.1 Å². The zero-order valence-corrected chi connectivity index (χ0v) is 17.4. The zero-order valence-electron chi connectivity index (χ0n) is 17.4. The van der Waals surface area contributed by atoms with Gasteiger partial charge in [0.2, 0.25) is 0 Å². The molecule has 1 heterocycles. The second kappa shape index (κ2) is 9.50. The third-order valence-electron chi connectivity index (χ3n) is 5.22. The number of benzene rings is 2. The van der Waals surface area contributed by atoms with Crippen molar-refractivity contribution in [3.05, 3.63) is 58.9 Å². The number of rotatable bonds is 8. The molecule has 152 valence electrons. The molecule has 0 spiro atoms. The number of para-hydroxylation sites is 1. The van der Waals surface area contributed by atoms with Crippen LogP contribution in [0.3, 0.4) is 0 Å². The van der Waals surface area contributed by atoms with Crippen molar-refractivity contribution < 1.29 is 9.53 Å². The van der Waals surface area contributed by atoms with Crippen LogP contribution in [0.5, 0.6) is 5.75 Å². The molecule has 0 aliphatic rings. The third kappa shape index (κ3) is 4.91. The molecule has 5 heteroatoms. The first kappa shape index (κ1) is 20.8. The third-order valence-corrected chi connectivity index (χ3v) is 5.22. The van der Waals surface area contributed by atoms with Gasteiger partial charge in [0, 0.05) is 19.0 Å². The highest BCUT2D eigenvalue weighted by molar-refractivity contribution is 5.79. The second-order valence-corrected chi connectivity index (χ2v) is 7.40. The van der Waals surface area contributed by atoms with Crippen LogP contribution in [0, 0.1) is 5.92 Å². The minimum Gasteiger partial charge on any atom is -0.427 e. The Morgan fingerprint density at radius 2 is 1.83 bits per heavy atom. The van der Waals surface area contributed by atoms with Crippen LogP contribution in [-0.2, 0) is 11.3 Å². The summed E-state index contributed by atoms with van der Waals surface area (Å²) in [5.41, 5.74) is 1.51. The average molecular weight is 392 g/mol. The van der Waals surface area contributed by atoms with Crippen LogP contribution < -0.4 is 10.3 Å². The number of nitrogens with zero attached hydrogens (tertiary/aromatic N) is 2. The summed E-state index contributed by atoms with van der Waals surface area (Å²) in [5, 5.41) is 0.637. The predicted molar refractivity (Wildman–Crippen MR) is 116 cm³/mol. The Morgan fingerprint density at radius 3 is 2.48 bits per heavy atom. The molecular formula is C24H28N2O3. The van der Waals surface area contributed by atoms with Gasteiger partial charge in [-0.05, 0) is 48.7 Å². The Hall–Kier alpha value is -2.95. The van der Waals surface area contributed by atoms with Crippen LogP contribution in [0.2, 0.25) is 0 Å². The molecule has 0 fully saturated rings. The maximum Gasteiger partial charge on any atom is 0.308 e. The summed E-state index contributed by atoms with van der Waals surface area (Å²) in [4.78, 5) is 29.3. The largest absolute Gasteiger partial charge is 0.427 e. The number of esters is 1. The van der Waals surface area contributed by atoms with Crippen molar-refractivity contribution in [3.63, 3.8) is 0 Å². The van der Waals surface area contributed by atoms with Crippen molar-refractivity contribution >= 4 is 16.9 Å². The number of fused-ring (bicyclic) bond motifs is 1. The summed E-state index contributed by atoms with van der Waals surface area (Å²) in [5.74, 6) is 1.19. The molecule has 3 rings (SSSR count). The van der Waals surface area contributed by atoms with E-state index in [1.165, 1.54) is 6.92 Å². The molecule has 1 unspecified atom stereocenters. The minimum atomic E-state index is -0.361. The van der Waals surface area contributed by atoms with E-state index in [1.54, 1.807) is 12.1 Å². The number of ether oxygens (including phenoxy) is 1. The summed E-state index contributed by atoms with van der Waals surface area (Å²) >= 11 is 0. The summed E-state index contributed by atoms with van der Waals surface area (Å²) < 4.78 is 6.94. The maximum absolute atomic E-state index is 13.3. The van der Waals surface area contributed by atoms with Crippen molar-refractivity contribution in [2.45, 2.75) is 53.0 Å². The van der Waals surface area contributed by atoms with E-state index in [4.69, 9.17) is 9.72 Å². The molecule has 0 bridgehead atoms. The fourth-order valence-electron chi connectivity index (χ4n) is 3.57. The lowest BCUT2D eigenvalue weighted by molar-refractivity contribution is -0.131. The number of hydrogen-bond donors (Lipinski definition) is 0. The summed E-state index contributed by atoms with van der Waals surface area (Å²) in [6.07, 6.45) is 4.41.